The number of carbonyl (C=O) groups is 2. The molecule has 0 radical (unpaired) electrons. The molecule has 3 atom stereocenters. The molecule has 11 heteroatoms. The molecular weight excluding hydrogens is 604 g/mol. The number of hydrogen-bond acceptors (Lipinski definition) is 8. The smallest absolute Gasteiger partial charge is 0.410 e. The van der Waals surface area contributed by atoms with Gasteiger partial charge in [0.25, 0.3) is 0 Å². The lowest BCUT2D eigenvalue weighted by Gasteiger charge is -2.25. The highest BCUT2D eigenvalue weighted by molar-refractivity contribution is 6.19. The number of rotatable bonds is 7. The second kappa shape index (κ2) is 12.7. The van der Waals surface area contributed by atoms with Crippen molar-refractivity contribution >= 4 is 51.7 Å². The lowest BCUT2D eigenvalue weighted by molar-refractivity contribution is -0.111. The molecule has 2 fully saturated rings. The van der Waals surface area contributed by atoms with Crippen molar-refractivity contribution in [1.29, 1.82) is 0 Å². The van der Waals surface area contributed by atoms with Crippen molar-refractivity contribution in [3.05, 3.63) is 91.0 Å². The van der Waals surface area contributed by atoms with Crippen molar-refractivity contribution < 1.29 is 19.1 Å². The van der Waals surface area contributed by atoms with E-state index >= 15 is 0 Å². The number of fused-ring (bicyclic) bond motifs is 2. The Bertz CT molecular complexity index is 1850. The molecule has 6 rings (SSSR count). The van der Waals surface area contributed by atoms with Crippen LogP contribution in [0, 0.1) is 29.6 Å². The van der Waals surface area contributed by atoms with Crippen LogP contribution in [0.2, 0.25) is 0 Å². The predicted octanol–water partition coefficient (Wildman–Crippen LogP) is 6.67. The van der Waals surface area contributed by atoms with Gasteiger partial charge in [0.1, 0.15) is 23.5 Å². The quantitative estimate of drug-likeness (QED) is 0.131. The van der Waals surface area contributed by atoms with Gasteiger partial charge in [-0.15, -0.1) is 0 Å². The fourth-order valence-electron chi connectivity index (χ4n) is 5.44. The van der Waals surface area contributed by atoms with E-state index in [-0.39, 0.29) is 17.9 Å². The second-order valence-electron chi connectivity index (χ2n) is 12.2. The summed E-state index contributed by atoms with van der Waals surface area (Å²) < 4.78 is 11.4. The third-order valence-electron chi connectivity index (χ3n) is 7.69. The summed E-state index contributed by atoms with van der Waals surface area (Å²) >= 11 is 6.43. The van der Waals surface area contributed by atoms with Crippen LogP contribution < -0.4 is 15.4 Å². The maximum Gasteiger partial charge on any atom is 0.410 e. The number of benzene rings is 2. The Hall–Kier alpha value is -5.14. The molecule has 3 unspecified atom stereocenters. The average Bonchev–Trinajstić information content (AvgIpc) is 3.47. The molecule has 1 saturated carbocycles. The zero-order chi connectivity index (χ0) is 32.4. The molecule has 2 aromatic heterocycles. The molecule has 4 aromatic rings. The molecule has 0 spiro atoms. The topological polar surface area (TPSA) is 119 Å². The monoisotopic (exact) mass is 636 g/mol. The highest BCUT2D eigenvalue weighted by Crippen LogP contribution is 2.51. The van der Waals surface area contributed by atoms with Gasteiger partial charge in [-0.3, -0.25) is 9.78 Å². The van der Waals surface area contributed by atoms with E-state index in [2.05, 4.69) is 44.0 Å². The van der Waals surface area contributed by atoms with Crippen molar-refractivity contribution in [2.24, 2.45) is 17.8 Å². The number of pyridine rings is 1. The minimum Gasteiger partial charge on any atom is -0.469 e. The Morgan fingerprint density at radius 2 is 1.89 bits per heavy atom. The summed E-state index contributed by atoms with van der Waals surface area (Å²) in [5.74, 6) is 8.14. The van der Waals surface area contributed by atoms with Gasteiger partial charge in [0.2, 0.25) is 11.5 Å². The van der Waals surface area contributed by atoms with Crippen molar-refractivity contribution in [3.63, 3.8) is 0 Å². The average molecular weight is 637 g/mol. The zero-order valence-corrected chi connectivity index (χ0v) is 26.4. The molecule has 2 aromatic carbocycles. The first-order valence-electron chi connectivity index (χ1n) is 14.9. The molecule has 10 nitrogen and oxygen atoms in total. The van der Waals surface area contributed by atoms with Crippen LogP contribution in [0.4, 0.5) is 22.0 Å². The van der Waals surface area contributed by atoms with Gasteiger partial charge < -0.3 is 25.0 Å². The number of alkyl halides is 1. The number of nitrogens with zero attached hydrogens (tertiary/aromatic N) is 4. The Kier molecular flexibility index (Phi) is 8.52. The van der Waals surface area contributed by atoms with E-state index in [0.29, 0.717) is 70.0 Å². The van der Waals surface area contributed by atoms with Gasteiger partial charge in [-0.25, -0.2) is 14.8 Å². The van der Waals surface area contributed by atoms with E-state index in [0.717, 1.165) is 0 Å². The minimum atomic E-state index is -0.758. The first-order valence-corrected chi connectivity index (χ1v) is 15.3. The van der Waals surface area contributed by atoms with Crippen LogP contribution in [-0.4, -0.2) is 50.5 Å². The van der Waals surface area contributed by atoms with Crippen LogP contribution in [0.1, 0.15) is 37.6 Å². The lowest BCUT2D eigenvalue weighted by Crippen LogP contribution is -2.37. The number of piperidine rings is 1. The molecular formula is C35H33ClN6O4. The summed E-state index contributed by atoms with van der Waals surface area (Å²) in [4.78, 5) is 39.8. The molecule has 3 heterocycles. The predicted molar refractivity (Wildman–Crippen MR) is 177 cm³/mol. The van der Waals surface area contributed by atoms with E-state index in [1.807, 2.05) is 57.2 Å². The Labute approximate surface area is 272 Å². The Morgan fingerprint density at radius 1 is 1.09 bits per heavy atom. The van der Waals surface area contributed by atoms with Crippen molar-refractivity contribution in [2.75, 3.05) is 23.7 Å². The van der Waals surface area contributed by atoms with Gasteiger partial charge in [0.05, 0.1) is 22.5 Å². The summed E-state index contributed by atoms with van der Waals surface area (Å²) in [6.07, 6.45) is 4.05. The lowest BCUT2D eigenvalue weighted by atomic mass is 10.1. The number of nitrogens with one attached hydrogen (secondary N) is 2. The molecule has 234 valence electrons. The highest BCUT2D eigenvalue weighted by Gasteiger charge is 2.56. The van der Waals surface area contributed by atoms with Gasteiger partial charge in [0.15, 0.2) is 0 Å². The molecule has 1 aliphatic carbocycles. The van der Waals surface area contributed by atoms with Crippen molar-refractivity contribution in [3.8, 4) is 17.6 Å². The van der Waals surface area contributed by atoms with E-state index < -0.39 is 11.2 Å². The maximum atomic E-state index is 12.5. The minimum absolute atomic E-state index is 0.166. The number of amides is 2. The maximum absolute atomic E-state index is 12.5. The van der Waals surface area contributed by atoms with Gasteiger partial charge in [-0.05, 0) is 75.1 Å². The first-order chi connectivity index (χ1) is 22.1. The van der Waals surface area contributed by atoms with E-state index in [9.17, 15) is 9.59 Å². The van der Waals surface area contributed by atoms with Crippen LogP contribution in [0.15, 0.2) is 79.8 Å². The number of ether oxygens (including phenoxy) is 2. The highest BCUT2D eigenvalue weighted by atomic mass is 35.5. The van der Waals surface area contributed by atoms with Gasteiger partial charge >= 0.3 is 6.09 Å². The normalized spacial score (nSPS) is 18.9. The van der Waals surface area contributed by atoms with Crippen LogP contribution in [0.3, 0.4) is 0 Å². The number of hydrogen-bond donors (Lipinski definition) is 2. The fraction of sp³-hybridized carbons (Fsp3) is 0.286. The molecule has 2 N–H and O–H groups in total. The number of anilines is 3. The van der Waals surface area contributed by atoms with Gasteiger partial charge in [-0.2, -0.15) is 0 Å². The second-order valence-corrected chi connectivity index (χ2v) is 12.6. The summed E-state index contributed by atoms with van der Waals surface area (Å²) in [7, 11) is 0. The van der Waals surface area contributed by atoms with E-state index in [4.69, 9.17) is 21.1 Å². The number of aromatic nitrogens is 3. The third kappa shape index (κ3) is 7.05. The third-order valence-corrected chi connectivity index (χ3v) is 8.01. The van der Waals surface area contributed by atoms with Gasteiger partial charge in [0, 0.05) is 42.3 Å². The number of carbonyl (C=O) groups excluding carboxylic acids is 2. The van der Waals surface area contributed by atoms with Crippen LogP contribution >= 0.6 is 11.6 Å². The van der Waals surface area contributed by atoms with Gasteiger partial charge in [-0.1, -0.05) is 42.2 Å². The SMILES string of the molecule is C=CC(=O)Nc1cc2c(Nc3cccc(OC(Cl)c4ccccn4)c3)ncnc2cc1C#CC1C2CN(C(=O)OC(C)(C)C)CC12. The summed E-state index contributed by atoms with van der Waals surface area (Å²) in [5, 5.41) is 6.88. The largest absolute Gasteiger partial charge is 0.469 e. The Balaban J connectivity index is 1.21. The zero-order valence-electron chi connectivity index (χ0n) is 25.7. The molecule has 0 bridgehead atoms. The molecule has 2 amide bonds. The van der Waals surface area contributed by atoms with Crippen LogP contribution in [0.25, 0.3) is 10.9 Å². The van der Waals surface area contributed by atoms with Crippen LogP contribution in [0.5, 0.6) is 5.75 Å². The van der Waals surface area contributed by atoms with E-state index in [1.165, 1.54) is 12.4 Å². The summed E-state index contributed by atoms with van der Waals surface area (Å²) in [6.45, 7) is 10.4. The first kappa shape index (κ1) is 30.9. The molecule has 46 heavy (non-hydrogen) atoms. The van der Waals surface area contributed by atoms with E-state index in [1.54, 1.807) is 29.3 Å². The summed E-state index contributed by atoms with van der Waals surface area (Å²) in [5.41, 5.74) is 1.81. The van der Waals surface area contributed by atoms with Crippen LogP contribution in [-0.2, 0) is 9.53 Å². The fourth-order valence-corrected chi connectivity index (χ4v) is 5.68. The van der Waals surface area contributed by atoms with Crippen molar-refractivity contribution in [1.82, 2.24) is 19.9 Å². The summed E-state index contributed by atoms with van der Waals surface area (Å²) in [6, 6.07) is 16.4. The Morgan fingerprint density at radius 3 is 2.61 bits per heavy atom. The number of halogens is 1. The molecule has 1 aliphatic heterocycles. The molecule has 2 aliphatic rings. The number of likely N-dealkylation sites (tertiary alicyclic amines) is 1. The van der Waals surface area contributed by atoms with Crippen molar-refractivity contribution in [2.45, 2.75) is 31.9 Å². The molecule has 1 saturated heterocycles. The standard InChI is InChI=1S/C35H33ClN6O4/c1-5-31(43)41-29-17-25-30(15-21(29)12-13-24-26-18-42(19-27(24)26)34(44)46-35(2,3)4)38-20-39-33(25)40-22-9-8-10-23(16-22)45-32(36)28-11-6-7-14-37-28/h5-11,14-17,20,24,26-27,32H,1,18-19H2,2-4H3,(H,41,43)(H,38,39,40).